The molecular formula is C18H14ClN3O2S. The first kappa shape index (κ1) is 17.1. The first-order valence-electron chi connectivity index (χ1n) is 7.37. The zero-order valence-electron chi connectivity index (χ0n) is 13.3. The molecule has 1 heterocycles. The Bertz CT molecular complexity index is 907. The maximum Gasteiger partial charge on any atom is 0.259 e. The van der Waals surface area contributed by atoms with E-state index in [0.717, 1.165) is 11.3 Å². The van der Waals surface area contributed by atoms with Crippen molar-refractivity contribution >= 4 is 46.1 Å². The Morgan fingerprint density at radius 2 is 1.88 bits per heavy atom. The summed E-state index contributed by atoms with van der Waals surface area (Å²) in [7, 11) is 1.63. The molecule has 0 unspecified atom stereocenters. The highest BCUT2D eigenvalue weighted by Crippen LogP contribution is 2.21. The number of aromatic nitrogens is 2. The number of ether oxygens (including phenoxy) is 1. The Kier molecular flexibility index (Phi) is 5.42. The Labute approximate surface area is 153 Å². The number of hydrogen-bond acceptors (Lipinski definition) is 5. The third-order valence-corrected chi connectivity index (χ3v) is 4.45. The molecule has 126 valence electrons. The number of methoxy groups -OCH3 is 1. The van der Waals surface area contributed by atoms with Gasteiger partial charge in [-0.05, 0) is 35.9 Å². The summed E-state index contributed by atoms with van der Waals surface area (Å²) in [6, 6.07) is 14.5. The van der Waals surface area contributed by atoms with Crippen molar-refractivity contribution in [2.45, 2.75) is 0 Å². The smallest absolute Gasteiger partial charge is 0.259 e. The van der Waals surface area contributed by atoms with Gasteiger partial charge in [0, 0.05) is 0 Å². The number of nitrogens with zero attached hydrogens (tertiary/aromatic N) is 2. The van der Waals surface area contributed by atoms with Gasteiger partial charge >= 0.3 is 0 Å². The molecule has 1 aromatic heterocycles. The van der Waals surface area contributed by atoms with Gasteiger partial charge in [-0.1, -0.05) is 53.3 Å². The van der Waals surface area contributed by atoms with Gasteiger partial charge in [-0.15, -0.1) is 10.2 Å². The molecule has 0 atom stereocenters. The number of carbonyl (C=O) groups is 1. The number of halogens is 1. The van der Waals surface area contributed by atoms with Crippen molar-refractivity contribution in [2.24, 2.45) is 0 Å². The lowest BCUT2D eigenvalue weighted by molar-refractivity contribution is 0.102. The minimum Gasteiger partial charge on any atom is -0.497 e. The molecule has 5 nitrogen and oxygen atoms in total. The highest BCUT2D eigenvalue weighted by molar-refractivity contribution is 7.16. The Balaban J connectivity index is 1.66. The zero-order valence-corrected chi connectivity index (χ0v) is 14.8. The van der Waals surface area contributed by atoms with Crippen LogP contribution >= 0.6 is 22.9 Å². The van der Waals surface area contributed by atoms with E-state index in [1.165, 1.54) is 11.3 Å². The zero-order chi connectivity index (χ0) is 17.6. The van der Waals surface area contributed by atoms with Crippen LogP contribution in [0.3, 0.4) is 0 Å². The number of carbonyl (C=O) groups excluding carboxylic acids is 1. The van der Waals surface area contributed by atoms with E-state index in [0.29, 0.717) is 20.7 Å². The average Bonchev–Trinajstić information content (AvgIpc) is 3.08. The maximum atomic E-state index is 12.2. The summed E-state index contributed by atoms with van der Waals surface area (Å²) in [6.45, 7) is 0. The van der Waals surface area contributed by atoms with Crippen LogP contribution in [0.5, 0.6) is 5.75 Å². The summed E-state index contributed by atoms with van der Waals surface area (Å²) in [4.78, 5) is 12.2. The molecule has 2 aromatic carbocycles. The van der Waals surface area contributed by atoms with Gasteiger partial charge in [0.2, 0.25) is 5.13 Å². The van der Waals surface area contributed by atoms with Crippen molar-refractivity contribution in [3.63, 3.8) is 0 Å². The predicted octanol–water partition coefficient (Wildman–Crippen LogP) is 4.62. The third-order valence-electron chi connectivity index (χ3n) is 3.31. The maximum absolute atomic E-state index is 12.2. The van der Waals surface area contributed by atoms with Gasteiger partial charge in [-0.2, -0.15) is 0 Å². The fourth-order valence-corrected chi connectivity index (χ4v) is 2.91. The van der Waals surface area contributed by atoms with E-state index in [9.17, 15) is 4.79 Å². The van der Waals surface area contributed by atoms with E-state index in [1.807, 2.05) is 36.4 Å². The molecule has 0 aliphatic rings. The molecule has 0 aliphatic heterocycles. The van der Waals surface area contributed by atoms with Gasteiger partial charge in [0.05, 0.1) is 17.7 Å². The predicted molar refractivity (Wildman–Crippen MR) is 101 cm³/mol. The van der Waals surface area contributed by atoms with Gasteiger partial charge in [0.1, 0.15) is 10.8 Å². The van der Waals surface area contributed by atoms with Crippen LogP contribution in [-0.2, 0) is 0 Å². The van der Waals surface area contributed by atoms with Crippen LogP contribution in [0.2, 0.25) is 5.02 Å². The molecule has 0 radical (unpaired) electrons. The molecule has 1 amide bonds. The second-order valence-corrected chi connectivity index (χ2v) is 6.40. The Morgan fingerprint density at radius 3 is 2.60 bits per heavy atom. The summed E-state index contributed by atoms with van der Waals surface area (Å²) in [5.74, 6) is 0.491. The Morgan fingerprint density at radius 1 is 1.12 bits per heavy atom. The number of amides is 1. The summed E-state index contributed by atoms with van der Waals surface area (Å²) in [6.07, 6.45) is 3.75. The van der Waals surface area contributed by atoms with E-state index in [1.54, 1.807) is 31.4 Å². The van der Waals surface area contributed by atoms with Crippen LogP contribution < -0.4 is 10.1 Å². The number of anilines is 1. The van der Waals surface area contributed by atoms with Gasteiger partial charge < -0.3 is 4.74 Å². The van der Waals surface area contributed by atoms with E-state index in [4.69, 9.17) is 16.3 Å². The van der Waals surface area contributed by atoms with Crippen molar-refractivity contribution in [1.29, 1.82) is 0 Å². The van der Waals surface area contributed by atoms with Crippen molar-refractivity contribution in [3.8, 4) is 5.75 Å². The second kappa shape index (κ2) is 7.92. The number of hydrogen-bond donors (Lipinski definition) is 1. The van der Waals surface area contributed by atoms with Crippen molar-refractivity contribution in [1.82, 2.24) is 10.2 Å². The third kappa shape index (κ3) is 4.43. The highest BCUT2D eigenvalue weighted by atomic mass is 35.5. The SMILES string of the molecule is COc1ccc(/C=C/c2nnc(NC(=O)c3ccccc3Cl)s2)cc1. The largest absolute Gasteiger partial charge is 0.497 e. The van der Waals surface area contributed by atoms with Crippen molar-refractivity contribution in [3.05, 3.63) is 69.7 Å². The molecule has 7 heteroatoms. The minimum atomic E-state index is -0.313. The molecule has 3 rings (SSSR count). The molecule has 1 N–H and O–H groups in total. The van der Waals surface area contributed by atoms with E-state index in [2.05, 4.69) is 15.5 Å². The van der Waals surface area contributed by atoms with E-state index >= 15 is 0 Å². The highest BCUT2D eigenvalue weighted by Gasteiger charge is 2.12. The van der Waals surface area contributed by atoms with Crippen LogP contribution in [0, 0.1) is 0 Å². The minimum absolute atomic E-state index is 0.313. The number of rotatable bonds is 5. The lowest BCUT2D eigenvalue weighted by Gasteiger charge is -2.02. The number of nitrogens with one attached hydrogen (secondary N) is 1. The average molecular weight is 372 g/mol. The second-order valence-electron chi connectivity index (χ2n) is 4.99. The normalized spacial score (nSPS) is 10.8. The van der Waals surface area contributed by atoms with Crippen molar-refractivity contribution < 1.29 is 9.53 Å². The van der Waals surface area contributed by atoms with Crippen LogP contribution in [0.25, 0.3) is 12.2 Å². The topological polar surface area (TPSA) is 64.1 Å². The molecule has 0 bridgehead atoms. The molecule has 0 spiro atoms. The van der Waals surface area contributed by atoms with Crippen LogP contribution in [-0.4, -0.2) is 23.2 Å². The van der Waals surface area contributed by atoms with Gasteiger partial charge in [-0.3, -0.25) is 10.1 Å². The van der Waals surface area contributed by atoms with Gasteiger partial charge in [-0.25, -0.2) is 0 Å². The van der Waals surface area contributed by atoms with E-state index < -0.39 is 0 Å². The monoisotopic (exact) mass is 371 g/mol. The summed E-state index contributed by atoms with van der Waals surface area (Å²) in [5.41, 5.74) is 1.41. The fraction of sp³-hybridized carbons (Fsp3) is 0.0556. The molecule has 0 aliphatic carbocycles. The van der Waals surface area contributed by atoms with Crippen LogP contribution in [0.15, 0.2) is 48.5 Å². The molecule has 25 heavy (non-hydrogen) atoms. The standard InChI is InChI=1S/C18H14ClN3O2S/c1-24-13-9-6-12(7-10-13)8-11-16-21-22-18(25-16)20-17(23)14-4-2-3-5-15(14)19/h2-11H,1H3,(H,20,22,23)/b11-8+. The Hall–Kier alpha value is -2.70. The first-order chi connectivity index (χ1) is 12.2. The molecule has 3 aromatic rings. The molecule has 0 saturated heterocycles. The summed E-state index contributed by atoms with van der Waals surface area (Å²) in [5, 5.41) is 12.2. The quantitative estimate of drug-likeness (QED) is 0.710. The van der Waals surface area contributed by atoms with Gasteiger partial charge in [0.25, 0.3) is 5.91 Å². The fourth-order valence-electron chi connectivity index (χ4n) is 2.04. The lowest BCUT2D eigenvalue weighted by Crippen LogP contribution is -2.12. The van der Waals surface area contributed by atoms with Crippen LogP contribution in [0.1, 0.15) is 20.9 Å². The summed E-state index contributed by atoms with van der Waals surface area (Å²) >= 11 is 7.30. The van der Waals surface area contributed by atoms with Gasteiger partial charge in [0.15, 0.2) is 0 Å². The lowest BCUT2D eigenvalue weighted by atomic mass is 10.2. The van der Waals surface area contributed by atoms with E-state index in [-0.39, 0.29) is 5.91 Å². The first-order valence-corrected chi connectivity index (χ1v) is 8.56. The number of benzene rings is 2. The summed E-state index contributed by atoms with van der Waals surface area (Å²) < 4.78 is 5.12. The molecule has 0 fully saturated rings. The molecular weight excluding hydrogens is 358 g/mol. The van der Waals surface area contributed by atoms with Crippen molar-refractivity contribution in [2.75, 3.05) is 12.4 Å². The van der Waals surface area contributed by atoms with Crippen LogP contribution in [0.4, 0.5) is 5.13 Å². The molecule has 0 saturated carbocycles.